The number of sulfonamides is 1. The third-order valence-corrected chi connectivity index (χ3v) is 7.70. The number of carbonyl (C=O) groups excluding carboxylic acids is 1. The van der Waals surface area contributed by atoms with Gasteiger partial charge in [-0.1, -0.05) is 13.8 Å². The summed E-state index contributed by atoms with van der Waals surface area (Å²) in [7, 11) is -3.96. The second-order valence-corrected chi connectivity index (χ2v) is 10.6. The molecule has 1 amide bonds. The zero-order valence-electron chi connectivity index (χ0n) is 18.4. The molecular weight excluding hydrogens is 428 g/mol. The molecule has 0 bridgehead atoms. The molecule has 1 aromatic carbocycles. The number of hydrogen-bond acceptors (Lipinski definition) is 5. The highest BCUT2D eigenvalue weighted by Crippen LogP contribution is 2.23. The van der Waals surface area contributed by atoms with Crippen molar-refractivity contribution in [2.45, 2.75) is 50.8 Å². The smallest absolute Gasteiger partial charge is 0.243 e. The molecule has 3 unspecified atom stereocenters. The van der Waals surface area contributed by atoms with E-state index in [1.54, 1.807) is 4.90 Å². The second kappa shape index (κ2) is 9.48. The fourth-order valence-corrected chi connectivity index (χ4v) is 5.86. The highest BCUT2D eigenvalue weighted by molar-refractivity contribution is 7.89. The molecule has 7 nitrogen and oxygen atoms in total. The first-order chi connectivity index (χ1) is 14.5. The van der Waals surface area contributed by atoms with Gasteiger partial charge in [0.05, 0.1) is 23.1 Å². The summed E-state index contributed by atoms with van der Waals surface area (Å²) < 4.78 is 59.3. The van der Waals surface area contributed by atoms with E-state index in [1.165, 1.54) is 4.31 Å². The quantitative estimate of drug-likeness (QED) is 0.673. The van der Waals surface area contributed by atoms with E-state index in [2.05, 4.69) is 4.90 Å². The van der Waals surface area contributed by atoms with Crippen LogP contribution in [-0.2, 0) is 19.6 Å². The van der Waals surface area contributed by atoms with Gasteiger partial charge in [0, 0.05) is 39.3 Å². The van der Waals surface area contributed by atoms with Crippen LogP contribution in [0.4, 0.5) is 8.78 Å². The number of carbonyl (C=O) groups is 1. The van der Waals surface area contributed by atoms with Gasteiger partial charge in [-0.3, -0.25) is 9.69 Å². The molecule has 2 fully saturated rings. The van der Waals surface area contributed by atoms with Crippen LogP contribution >= 0.6 is 0 Å². The van der Waals surface area contributed by atoms with E-state index in [4.69, 9.17) is 4.74 Å². The van der Waals surface area contributed by atoms with Gasteiger partial charge in [0.1, 0.15) is 0 Å². The molecule has 0 spiro atoms. The maximum Gasteiger partial charge on any atom is 0.243 e. The zero-order valence-corrected chi connectivity index (χ0v) is 19.2. The van der Waals surface area contributed by atoms with Crippen LogP contribution in [0.3, 0.4) is 0 Å². The lowest BCUT2D eigenvalue weighted by Gasteiger charge is -2.43. The molecule has 2 heterocycles. The van der Waals surface area contributed by atoms with Crippen molar-refractivity contribution in [1.82, 2.24) is 14.1 Å². The van der Waals surface area contributed by atoms with Gasteiger partial charge in [-0.15, -0.1) is 0 Å². The van der Waals surface area contributed by atoms with Gasteiger partial charge in [-0.2, -0.15) is 4.31 Å². The highest BCUT2D eigenvalue weighted by atomic mass is 32.2. The molecule has 2 aliphatic heterocycles. The van der Waals surface area contributed by atoms with Gasteiger partial charge in [-0.25, -0.2) is 17.2 Å². The number of amides is 1. The highest BCUT2D eigenvalue weighted by Gasteiger charge is 2.38. The Morgan fingerprint density at radius 3 is 2.13 bits per heavy atom. The van der Waals surface area contributed by atoms with E-state index in [0.717, 1.165) is 12.1 Å². The molecule has 2 saturated heterocycles. The summed E-state index contributed by atoms with van der Waals surface area (Å²) in [5.41, 5.74) is 0. The normalized spacial score (nSPS) is 25.1. The molecule has 0 aromatic heterocycles. The molecule has 1 aromatic rings. The van der Waals surface area contributed by atoms with Crippen molar-refractivity contribution in [2.24, 2.45) is 5.92 Å². The van der Waals surface area contributed by atoms with Crippen molar-refractivity contribution < 1.29 is 26.7 Å². The molecule has 3 rings (SSSR count). The molecule has 174 valence electrons. The van der Waals surface area contributed by atoms with Crippen molar-refractivity contribution in [3.05, 3.63) is 29.8 Å². The van der Waals surface area contributed by atoms with Gasteiger partial charge in [0.2, 0.25) is 15.9 Å². The predicted molar refractivity (Wildman–Crippen MR) is 112 cm³/mol. The Bertz CT molecular complexity index is 894. The topological polar surface area (TPSA) is 70.2 Å². The fraction of sp³-hybridized carbons (Fsp3) is 0.667. The molecule has 2 aliphatic rings. The molecule has 0 radical (unpaired) electrons. The Balaban J connectivity index is 1.68. The third-order valence-electron chi connectivity index (χ3n) is 5.80. The van der Waals surface area contributed by atoms with E-state index >= 15 is 0 Å². The molecule has 3 atom stereocenters. The van der Waals surface area contributed by atoms with Crippen LogP contribution in [0.15, 0.2) is 23.1 Å². The van der Waals surface area contributed by atoms with Crippen molar-refractivity contribution in [3.8, 4) is 0 Å². The Labute approximate surface area is 183 Å². The lowest BCUT2D eigenvalue weighted by atomic mass is 9.98. The SMILES string of the molecule is CC1CN(C(C(=O)N2CCN(S(=O)(=O)c3ccc(F)c(F)c3)CC2)C(C)C)CC(C)O1. The minimum atomic E-state index is -3.96. The number of ether oxygens (including phenoxy) is 1. The standard InChI is InChI=1S/C21H31F2N3O4S/c1-14(2)20(25-12-15(3)30-16(4)13-25)21(27)24-7-9-26(10-8-24)31(28,29)17-5-6-18(22)19(23)11-17/h5-6,11,14-16,20H,7-10,12-13H2,1-4H3. The van der Waals surface area contributed by atoms with Gasteiger partial charge in [-0.05, 0) is 38.0 Å². The summed E-state index contributed by atoms with van der Waals surface area (Å²) in [6.45, 7) is 10.1. The Morgan fingerprint density at radius 2 is 1.61 bits per heavy atom. The third kappa shape index (κ3) is 5.24. The van der Waals surface area contributed by atoms with E-state index < -0.39 is 21.7 Å². The number of benzene rings is 1. The van der Waals surface area contributed by atoms with Crippen molar-refractivity contribution in [2.75, 3.05) is 39.3 Å². The molecular formula is C21H31F2N3O4S. The monoisotopic (exact) mass is 459 g/mol. The fourth-order valence-electron chi connectivity index (χ4n) is 4.43. The first-order valence-corrected chi connectivity index (χ1v) is 12.1. The summed E-state index contributed by atoms with van der Waals surface area (Å²) >= 11 is 0. The first-order valence-electron chi connectivity index (χ1n) is 10.6. The lowest BCUT2D eigenvalue weighted by molar-refractivity contribution is -0.146. The van der Waals surface area contributed by atoms with Crippen LogP contribution in [0, 0.1) is 17.6 Å². The zero-order chi connectivity index (χ0) is 22.9. The molecule has 31 heavy (non-hydrogen) atoms. The Morgan fingerprint density at radius 1 is 1.03 bits per heavy atom. The van der Waals surface area contributed by atoms with Gasteiger partial charge >= 0.3 is 0 Å². The number of halogens is 2. The number of hydrogen-bond donors (Lipinski definition) is 0. The lowest BCUT2D eigenvalue weighted by Crippen LogP contribution is -2.60. The van der Waals surface area contributed by atoms with Crippen molar-refractivity contribution in [3.63, 3.8) is 0 Å². The van der Waals surface area contributed by atoms with Crippen LogP contribution < -0.4 is 0 Å². The van der Waals surface area contributed by atoms with Crippen LogP contribution in [-0.4, -0.2) is 85.9 Å². The van der Waals surface area contributed by atoms with E-state index in [9.17, 15) is 22.0 Å². The Hall–Kier alpha value is -1.62. The summed E-state index contributed by atoms with van der Waals surface area (Å²) in [4.78, 5) is 16.9. The van der Waals surface area contributed by atoms with E-state index in [1.807, 2.05) is 27.7 Å². The van der Waals surface area contributed by atoms with Crippen LogP contribution in [0.5, 0.6) is 0 Å². The molecule has 0 N–H and O–H groups in total. The summed E-state index contributed by atoms with van der Waals surface area (Å²) in [5.74, 6) is -2.22. The maximum absolute atomic E-state index is 13.5. The molecule has 10 heteroatoms. The predicted octanol–water partition coefficient (Wildman–Crippen LogP) is 1.93. The van der Waals surface area contributed by atoms with Gasteiger partial charge in [0.15, 0.2) is 11.6 Å². The van der Waals surface area contributed by atoms with E-state index in [-0.39, 0.29) is 61.1 Å². The van der Waals surface area contributed by atoms with Crippen molar-refractivity contribution in [1.29, 1.82) is 0 Å². The van der Waals surface area contributed by atoms with Crippen LogP contribution in [0.2, 0.25) is 0 Å². The minimum absolute atomic E-state index is 0.0128. The average Bonchev–Trinajstić information content (AvgIpc) is 2.69. The number of morpholine rings is 1. The second-order valence-electron chi connectivity index (χ2n) is 8.71. The largest absolute Gasteiger partial charge is 0.373 e. The minimum Gasteiger partial charge on any atom is -0.373 e. The van der Waals surface area contributed by atoms with Crippen molar-refractivity contribution >= 4 is 15.9 Å². The van der Waals surface area contributed by atoms with Gasteiger partial charge < -0.3 is 9.64 Å². The first kappa shape index (κ1) is 24.0. The van der Waals surface area contributed by atoms with Crippen LogP contribution in [0.1, 0.15) is 27.7 Å². The summed E-state index contributed by atoms with van der Waals surface area (Å²) in [5, 5.41) is 0. The Kier molecular flexibility index (Phi) is 7.35. The average molecular weight is 460 g/mol. The summed E-state index contributed by atoms with van der Waals surface area (Å²) in [6, 6.07) is 2.25. The molecule has 0 saturated carbocycles. The molecule has 0 aliphatic carbocycles. The summed E-state index contributed by atoms with van der Waals surface area (Å²) in [6.07, 6.45) is 0.0757. The van der Waals surface area contributed by atoms with Gasteiger partial charge in [0.25, 0.3) is 0 Å². The van der Waals surface area contributed by atoms with E-state index in [0.29, 0.717) is 19.2 Å². The van der Waals surface area contributed by atoms with Crippen LogP contribution in [0.25, 0.3) is 0 Å². The maximum atomic E-state index is 13.5. The number of rotatable bonds is 5. The number of nitrogens with zero attached hydrogens (tertiary/aromatic N) is 3. The number of piperazine rings is 1.